The molecule has 0 bridgehead atoms. The van der Waals surface area contributed by atoms with Crippen molar-refractivity contribution >= 4 is 14.3 Å². The molecule has 0 amide bonds. The topological polar surface area (TPSA) is 105 Å². The fourth-order valence-electron chi connectivity index (χ4n) is 1.89. The fourth-order valence-corrected chi connectivity index (χ4v) is 2.91. The molecule has 0 saturated carbocycles. The third-order valence-corrected chi connectivity index (χ3v) is 8.88. The van der Waals surface area contributed by atoms with Crippen LogP contribution in [-0.4, -0.2) is 66.9 Å². The molecule has 0 radical (unpaired) electrons. The van der Waals surface area contributed by atoms with E-state index in [0.717, 1.165) is 0 Å². The Morgan fingerprint density at radius 2 is 1.73 bits per heavy atom. The summed E-state index contributed by atoms with van der Waals surface area (Å²) in [6, 6.07) is 0. The Balaban J connectivity index is 2.76. The second-order valence-electron chi connectivity index (χ2n) is 7.19. The molecule has 0 aliphatic carbocycles. The molecule has 0 unspecified atom stereocenters. The predicted octanol–water partition coefficient (Wildman–Crippen LogP) is 0.379. The molecule has 5 atom stereocenters. The van der Waals surface area contributed by atoms with Gasteiger partial charge in [-0.3, -0.25) is 4.79 Å². The van der Waals surface area contributed by atoms with E-state index in [1.54, 1.807) is 0 Å². The third-order valence-electron chi connectivity index (χ3n) is 4.38. The summed E-state index contributed by atoms with van der Waals surface area (Å²) in [6.45, 7) is 11.6. The van der Waals surface area contributed by atoms with Crippen LogP contribution in [0.2, 0.25) is 18.1 Å². The van der Waals surface area contributed by atoms with E-state index in [1.807, 2.05) is 0 Å². The van der Waals surface area contributed by atoms with E-state index in [-0.39, 0.29) is 11.6 Å². The second kappa shape index (κ2) is 6.94. The molecule has 3 N–H and O–H groups in total. The van der Waals surface area contributed by atoms with Gasteiger partial charge in [0.15, 0.2) is 20.7 Å². The van der Waals surface area contributed by atoms with Crippen molar-refractivity contribution in [1.29, 1.82) is 0 Å². The van der Waals surface area contributed by atoms with Gasteiger partial charge in [-0.1, -0.05) is 20.8 Å². The van der Waals surface area contributed by atoms with Crippen molar-refractivity contribution in [2.45, 2.75) is 76.5 Å². The molecule has 1 aliphatic heterocycles. The maximum absolute atomic E-state index is 11.1. The Morgan fingerprint density at radius 3 is 2.18 bits per heavy atom. The number of esters is 1. The van der Waals surface area contributed by atoms with E-state index in [2.05, 4.69) is 33.9 Å². The van der Waals surface area contributed by atoms with Crippen LogP contribution < -0.4 is 0 Å². The number of aliphatic hydroxyl groups is 3. The number of ether oxygens (including phenoxy) is 2. The molecule has 0 aromatic heterocycles. The quantitative estimate of drug-likeness (QED) is 0.503. The Morgan fingerprint density at radius 1 is 1.18 bits per heavy atom. The first kappa shape index (κ1) is 19.5. The van der Waals surface area contributed by atoms with Gasteiger partial charge in [-0.05, 0) is 18.1 Å². The molecule has 22 heavy (non-hydrogen) atoms. The summed E-state index contributed by atoms with van der Waals surface area (Å²) in [5, 5.41) is 29.7. The SMILES string of the molecule is CC(=O)O[C@@H]1[C@@H](O)[C@H](O)O[C@H](CO[Si](C)(C)C(C)(C)C)[C@@H]1O. The normalized spacial score (nSPS) is 33.6. The Labute approximate surface area is 132 Å². The Kier molecular flexibility index (Phi) is 6.16. The number of carbonyl (C=O) groups is 1. The van der Waals surface area contributed by atoms with Crippen molar-refractivity contribution in [3.63, 3.8) is 0 Å². The summed E-state index contributed by atoms with van der Waals surface area (Å²) >= 11 is 0. The molecule has 0 aromatic rings. The summed E-state index contributed by atoms with van der Waals surface area (Å²) in [6.07, 6.45) is -6.43. The Hall–Kier alpha value is -0.513. The molecule has 8 heteroatoms. The summed E-state index contributed by atoms with van der Waals surface area (Å²) in [4.78, 5) is 11.1. The monoisotopic (exact) mass is 336 g/mol. The molecular weight excluding hydrogens is 308 g/mol. The van der Waals surface area contributed by atoms with Gasteiger partial charge in [0.05, 0.1) is 6.61 Å². The molecule has 0 spiro atoms. The molecule has 7 nitrogen and oxygen atoms in total. The zero-order valence-electron chi connectivity index (χ0n) is 14.1. The lowest BCUT2D eigenvalue weighted by Crippen LogP contribution is -2.60. The van der Waals surface area contributed by atoms with Crippen LogP contribution in [0.5, 0.6) is 0 Å². The fraction of sp³-hybridized carbons (Fsp3) is 0.929. The van der Waals surface area contributed by atoms with Crippen LogP contribution in [0, 0.1) is 0 Å². The summed E-state index contributed by atoms with van der Waals surface area (Å²) in [5.74, 6) is -0.652. The molecule has 1 saturated heterocycles. The van der Waals surface area contributed by atoms with Gasteiger partial charge in [0.25, 0.3) is 0 Å². The zero-order valence-corrected chi connectivity index (χ0v) is 15.1. The summed E-state index contributed by atoms with van der Waals surface area (Å²) in [5.41, 5.74) is 0. The highest BCUT2D eigenvalue weighted by Crippen LogP contribution is 2.37. The van der Waals surface area contributed by atoms with Crippen LogP contribution in [0.15, 0.2) is 0 Å². The van der Waals surface area contributed by atoms with E-state index in [0.29, 0.717) is 0 Å². The van der Waals surface area contributed by atoms with Crippen molar-refractivity contribution in [3.8, 4) is 0 Å². The maximum Gasteiger partial charge on any atom is 0.303 e. The highest BCUT2D eigenvalue weighted by Gasteiger charge is 2.47. The Bertz CT molecular complexity index is 393. The maximum atomic E-state index is 11.1. The van der Waals surface area contributed by atoms with E-state index >= 15 is 0 Å². The average molecular weight is 336 g/mol. The zero-order chi connectivity index (χ0) is 17.3. The molecule has 1 aliphatic rings. The molecule has 1 heterocycles. The van der Waals surface area contributed by atoms with Crippen molar-refractivity contribution < 1.29 is 34.0 Å². The van der Waals surface area contributed by atoms with Crippen molar-refractivity contribution in [1.82, 2.24) is 0 Å². The minimum absolute atomic E-state index is 0.0139. The minimum Gasteiger partial charge on any atom is -0.457 e. The number of carbonyl (C=O) groups excluding carboxylic acids is 1. The van der Waals surface area contributed by atoms with Gasteiger partial charge in [0.2, 0.25) is 0 Å². The lowest BCUT2D eigenvalue weighted by atomic mass is 9.99. The molecule has 0 aromatic carbocycles. The predicted molar refractivity (Wildman–Crippen MR) is 81.6 cm³/mol. The minimum atomic E-state index is -2.05. The van der Waals surface area contributed by atoms with Crippen LogP contribution in [0.3, 0.4) is 0 Å². The van der Waals surface area contributed by atoms with Crippen molar-refractivity contribution in [2.24, 2.45) is 0 Å². The van der Waals surface area contributed by atoms with Gasteiger partial charge in [-0.25, -0.2) is 0 Å². The van der Waals surface area contributed by atoms with Crippen LogP contribution in [0.25, 0.3) is 0 Å². The van der Waals surface area contributed by atoms with E-state index < -0.39 is 45.0 Å². The molecule has 1 rings (SSSR count). The highest BCUT2D eigenvalue weighted by atomic mass is 28.4. The van der Waals surface area contributed by atoms with E-state index in [4.69, 9.17) is 13.9 Å². The lowest BCUT2D eigenvalue weighted by Gasteiger charge is -2.42. The summed E-state index contributed by atoms with van der Waals surface area (Å²) < 4.78 is 16.0. The standard InChI is InChI=1S/C14H28O7Si/c1-8(15)20-12-10(16)9(21-13(18)11(12)17)7-19-22(5,6)14(2,3)4/h9-13,16-18H,7H2,1-6H3/t9-,10+,11-,12+,13-/m1/s1. The summed E-state index contributed by atoms with van der Waals surface area (Å²) in [7, 11) is -2.05. The van der Waals surface area contributed by atoms with Gasteiger partial charge in [-0.15, -0.1) is 0 Å². The van der Waals surface area contributed by atoms with Crippen LogP contribution in [-0.2, 0) is 18.7 Å². The third kappa shape index (κ3) is 4.50. The van der Waals surface area contributed by atoms with Crippen LogP contribution in [0.4, 0.5) is 0 Å². The molecule has 130 valence electrons. The lowest BCUT2D eigenvalue weighted by molar-refractivity contribution is -0.288. The van der Waals surface area contributed by atoms with Crippen molar-refractivity contribution in [2.75, 3.05) is 6.61 Å². The first-order valence-corrected chi connectivity index (χ1v) is 10.3. The number of hydrogen-bond acceptors (Lipinski definition) is 7. The second-order valence-corrected chi connectivity index (χ2v) is 12.0. The highest BCUT2D eigenvalue weighted by molar-refractivity contribution is 6.74. The van der Waals surface area contributed by atoms with Crippen molar-refractivity contribution in [3.05, 3.63) is 0 Å². The van der Waals surface area contributed by atoms with E-state index in [9.17, 15) is 20.1 Å². The molecular formula is C14H28O7Si. The number of aliphatic hydroxyl groups excluding tert-OH is 3. The first-order chi connectivity index (χ1) is 9.86. The number of rotatable bonds is 4. The van der Waals surface area contributed by atoms with Gasteiger partial charge in [-0.2, -0.15) is 0 Å². The molecule has 1 fully saturated rings. The largest absolute Gasteiger partial charge is 0.457 e. The van der Waals surface area contributed by atoms with Gasteiger partial charge >= 0.3 is 5.97 Å². The smallest absolute Gasteiger partial charge is 0.303 e. The van der Waals surface area contributed by atoms with Gasteiger partial charge < -0.3 is 29.2 Å². The number of hydrogen-bond donors (Lipinski definition) is 3. The van der Waals surface area contributed by atoms with Crippen LogP contribution >= 0.6 is 0 Å². The van der Waals surface area contributed by atoms with Gasteiger partial charge in [0.1, 0.15) is 18.3 Å². The van der Waals surface area contributed by atoms with Gasteiger partial charge in [0, 0.05) is 6.92 Å². The average Bonchev–Trinajstić information content (AvgIpc) is 2.35. The van der Waals surface area contributed by atoms with Crippen LogP contribution in [0.1, 0.15) is 27.7 Å². The first-order valence-electron chi connectivity index (χ1n) is 7.37. The van der Waals surface area contributed by atoms with E-state index in [1.165, 1.54) is 6.92 Å².